The molecule has 42 heavy (non-hydrogen) atoms. The Morgan fingerprint density at radius 1 is 1.00 bits per heavy atom. The van der Waals surface area contributed by atoms with Crippen molar-refractivity contribution in [3.8, 4) is 11.4 Å². The van der Waals surface area contributed by atoms with Crippen molar-refractivity contribution in [2.75, 3.05) is 0 Å². The van der Waals surface area contributed by atoms with E-state index in [9.17, 15) is 4.39 Å². The van der Waals surface area contributed by atoms with E-state index in [1.807, 2.05) is 57.4 Å². The van der Waals surface area contributed by atoms with Crippen molar-refractivity contribution in [2.45, 2.75) is 40.5 Å². The Morgan fingerprint density at radius 3 is 2.48 bits per heavy atom. The lowest BCUT2D eigenvalue weighted by Gasteiger charge is -2.05. The van der Waals surface area contributed by atoms with Gasteiger partial charge in [0, 0.05) is 39.3 Å². The Hall–Kier alpha value is -4.55. The Labute approximate surface area is 251 Å². The first kappa shape index (κ1) is 30.4. The molecule has 5 aromatic rings. The summed E-state index contributed by atoms with van der Waals surface area (Å²) in [6.45, 7) is 16.2. The molecule has 0 aliphatic heterocycles. The number of halogens is 1. The van der Waals surface area contributed by atoms with Gasteiger partial charge in [-0.1, -0.05) is 75.6 Å². The number of H-pyrrole nitrogens is 2. The van der Waals surface area contributed by atoms with E-state index in [1.54, 1.807) is 12.1 Å². The fraction of sp³-hybridized carbons (Fsp3) is 0.167. The number of rotatable bonds is 9. The van der Waals surface area contributed by atoms with Crippen LogP contribution in [-0.4, -0.2) is 20.2 Å². The van der Waals surface area contributed by atoms with Crippen molar-refractivity contribution in [2.24, 2.45) is 0 Å². The van der Waals surface area contributed by atoms with Crippen LogP contribution >= 0.6 is 11.3 Å². The van der Waals surface area contributed by atoms with Gasteiger partial charge in [-0.3, -0.25) is 10.1 Å². The number of nitrogens with zero attached hydrogens (tertiary/aromatic N) is 2. The molecule has 4 nitrogen and oxygen atoms in total. The van der Waals surface area contributed by atoms with Gasteiger partial charge in [-0.15, -0.1) is 11.3 Å². The highest BCUT2D eigenvalue weighted by Crippen LogP contribution is 2.33. The van der Waals surface area contributed by atoms with E-state index >= 15 is 0 Å². The first-order valence-electron chi connectivity index (χ1n) is 14.1. The monoisotopic (exact) mass is 576 g/mol. The largest absolute Gasteiger partial charge is 0.357 e. The van der Waals surface area contributed by atoms with E-state index in [2.05, 4.69) is 76.7 Å². The number of aryl methyl sites for hydroxylation is 3. The van der Waals surface area contributed by atoms with Crippen LogP contribution in [0.2, 0.25) is 0 Å². The highest BCUT2D eigenvalue weighted by atomic mass is 32.1. The second-order valence-electron chi connectivity index (χ2n) is 9.69. The number of nitrogens with one attached hydrogen (secondary N) is 2. The summed E-state index contributed by atoms with van der Waals surface area (Å²) >= 11 is 1.11. The molecular weight excluding hydrogens is 539 g/mol. The first-order chi connectivity index (χ1) is 20.4. The minimum atomic E-state index is -0.219. The molecule has 0 spiro atoms. The number of thiophene rings is 1. The van der Waals surface area contributed by atoms with Crippen molar-refractivity contribution in [3.63, 3.8) is 0 Å². The number of hydrogen-bond acceptors (Lipinski definition) is 3. The summed E-state index contributed by atoms with van der Waals surface area (Å²) in [7, 11) is 0. The van der Waals surface area contributed by atoms with Crippen molar-refractivity contribution >= 4 is 35.1 Å². The van der Waals surface area contributed by atoms with Gasteiger partial charge >= 0.3 is 0 Å². The summed E-state index contributed by atoms with van der Waals surface area (Å²) in [5, 5.41) is 9.08. The molecule has 2 N–H and O–H groups in total. The minimum absolute atomic E-state index is 0.219. The summed E-state index contributed by atoms with van der Waals surface area (Å²) in [5.41, 5.74) is 9.15. The van der Waals surface area contributed by atoms with Crippen LogP contribution in [0.4, 0.5) is 4.39 Å². The third-order valence-electron chi connectivity index (χ3n) is 6.88. The lowest BCUT2D eigenvalue weighted by Crippen LogP contribution is -2.21. The molecule has 5 rings (SSSR count). The average Bonchev–Trinajstić information content (AvgIpc) is 3.73. The van der Waals surface area contributed by atoms with Crippen LogP contribution in [0.5, 0.6) is 0 Å². The molecule has 0 saturated heterocycles. The quantitative estimate of drug-likeness (QED) is 0.175. The summed E-state index contributed by atoms with van der Waals surface area (Å²) in [6.07, 6.45) is 13.4. The molecule has 0 aliphatic rings. The predicted octanol–water partition coefficient (Wildman–Crippen LogP) is 8.03. The van der Waals surface area contributed by atoms with Gasteiger partial charge in [0.1, 0.15) is 5.69 Å². The van der Waals surface area contributed by atoms with Crippen LogP contribution in [0.15, 0.2) is 91.8 Å². The highest BCUT2D eigenvalue weighted by Gasteiger charge is 2.16. The molecule has 0 bridgehead atoms. The zero-order valence-electron chi connectivity index (χ0n) is 24.7. The molecule has 214 valence electrons. The van der Waals surface area contributed by atoms with E-state index in [-0.39, 0.29) is 5.13 Å². The Bertz CT molecular complexity index is 1820. The van der Waals surface area contributed by atoms with Gasteiger partial charge < -0.3 is 4.98 Å². The van der Waals surface area contributed by atoms with Gasteiger partial charge in [-0.25, -0.2) is 0 Å². The van der Waals surface area contributed by atoms with E-state index in [0.717, 1.165) is 79.0 Å². The number of allylic oxidation sites excluding steroid dienone is 4. The van der Waals surface area contributed by atoms with Crippen LogP contribution in [0.3, 0.4) is 0 Å². The SMILES string of the molecule is C=C/C=C(/c1ccc(F)s1)c1cc(-c2n[nH]/c(=C/C=C(\C)c3cncc(CCc4ccccc4)c3)c2=C)[nH]c1C.CC. The Morgan fingerprint density at radius 2 is 1.76 bits per heavy atom. The van der Waals surface area contributed by atoms with Crippen LogP contribution in [0.25, 0.3) is 35.2 Å². The van der Waals surface area contributed by atoms with Gasteiger partial charge in [0.2, 0.25) is 0 Å². The standard InChI is InChI=1S/C34H31FN4S.C2H6/c1-5-9-28(32-16-17-33(35)40-32)29-19-31(37-24(29)4)34-23(3)30(38-39-34)15-12-22(2)27-18-26(20-36-21-27)14-13-25-10-7-6-8-11-25;1-2/h5-12,15-21,37-38H,1,3,13-14H2,2,4H3;1-2H3/b22-12+,28-9+,30-15+;. The van der Waals surface area contributed by atoms with Crippen molar-refractivity contribution in [3.05, 3.63) is 140 Å². The molecule has 6 heteroatoms. The Kier molecular flexibility index (Phi) is 10.4. The number of hydrogen-bond donors (Lipinski definition) is 2. The molecule has 1 aromatic carbocycles. The number of pyridine rings is 1. The van der Waals surface area contributed by atoms with E-state index in [1.165, 1.54) is 17.2 Å². The van der Waals surface area contributed by atoms with Gasteiger partial charge in [-0.05, 0) is 79.3 Å². The molecular formula is C36H37FN4S. The average molecular weight is 577 g/mol. The van der Waals surface area contributed by atoms with Crippen LogP contribution in [0, 0.1) is 12.1 Å². The van der Waals surface area contributed by atoms with Crippen LogP contribution < -0.4 is 10.6 Å². The van der Waals surface area contributed by atoms with Crippen LogP contribution in [-0.2, 0) is 12.8 Å². The molecule has 0 aliphatic carbocycles. The summed E-state index contributed by atoms with van der Waals surface area (Å²) in [6, 6.07) is 18.0. The summed E-state index contributed by atoms with van der Waals surface area (Å²) < 4.78 is 13.7. The maximum Gasteiger partial charge on any atom is 0.176 e. The molecule has 0 fully saturated rings. The van der Waals surface area contributed by atoms with Crippen molar-refractivity contribution in [1.29, 1.82) is 0 Å². The second-order valence-corrected chi connectivity index (χ2v) is 10.7. The maximum atomic E-state index is 13.7. The number of aromatic amines is 2. The van der Waals surface area contributed by atoms with Gasteiger partial charge in [0.25, 0.3) is 0 Å². The summed E-state index contributed by atoms with van der Waals surface area (Å²) in [5.74, 6) is 0. The topological polar surface area (TPSA) is 57.4 Å². The third kappa shape index (κ3) is 7.20. The van der Waals surface area contributed by atoms with Crippen LogP contribution in [0.1, 0.15) is 53.6 Å². The zero-order chi connectivity index (χ0) is 30.1. The minimum Gasteiger partial charge on any atom is -0.357 e. The maximum absolute atomic E-state index is 13.7. The second kappa shape index (κ2) is 14.4. The van der Waals surface area contributed by atoms with E-state index < -0.39 is 0 Å². The lowest BCUT2D eigenvalue weighted by molar-refractivity contribution is 0.657. The van der Waals surface area contributed by atoms with E-state index in [0.29, 0.717) is 0 Å². The molecule has 0 unspecified atom stereocenters. The molecule has 0 saturated carbocycles. The highest BCUT2D eigenvalue weighted by molar-refractivity contribution is 7.11. The summed E-state index contributed by atoms with van der Waals surface area (Å²) in [4.78, 5) is 8.74. The number of aromatic nitrogens is 4. The lowest BCUT2D eigenvalue weighted by atomic mass is 10.0. The Balaban J connectivity index is 0.00000198. The predicted molar refractivity (Wildman–Crippen MR) is 177 cm³/mol. The number of benzene rings is 1. The van der Waals surface area contributed by atoms with Gasteiger partial charge in [0.05, 0.1) is 11.0 Å². The zero-order valence-corrected chi connectivity index (χ0v) is 25.5. The fourth-order valence-corrected chi connectivity index (χ4v) is 5.43. The normalized spacial score (nSPS) is 12.3. The fourth-order valence-electron chi connectivity index (χ4n) is 4.66. The van der Waals surface area contributed by atoms with Crippen molar-refractivity contribution < 1.29 is 4.39 Å². The third-order valence-corrected chi connectivity index (χ3v) is 7.78. The van der Waals surface area contributed by atoms with E-state index in [4.69, 9.17) is 0 Å². The first-order valence-corrected chi connectivity index (χ1v) is 14.9. The smallest absolute Gasteiger partial charge is 0.176 e. The molecule has 4 heterocycles. The molecule has 0 atom stereocenters. The van der Waals surface area contributed by atoms with Crippen molar-refractivity contribution in [1.82, 2.24) is 20.2 Å². The molecule has 4 aromatic heterocycles. The van der Waals surface area contributed by atoms with Gasteiger partial charge in [0.15, 0.2) is 5.13 Å². The van der Waals surface area contributed by atoms with Gasteiger partial charge in [-0.2, -0.15) is 9.49 Å². The molecule has 0 radical (unpaired) electrons. The molecule has 0 amide bonds.